The summed E-state index contributed by atoms with van der Waals surface area (Å²) >= 11 is 0. The van der Waals surface area contributed by atoms with E-state index in [0.717, 1.165) is 18.8 Å². The second kappa shape index (κ2) is 8.51. The average Bonchev–Trinajstić information content (AvgIpc) is 2.54. The van der Waals surface area contributed by atoms with Crippen molar-refractivity contribution < 1.29 is 9.59 Å². The van der Waals surface area contributed by atoms with Crippen LogP contribution in [0.3, 0.4) is 0 Å². The van der Waals surface area contributed by atoms with E-state index in [2.05, 4.69) is 15.5 Å². The fraction of sp³-hybridized carbons (Fsp3) is 0.500. The summed E-state index contributed by atoms with van der Waals surface area (Å²) in [4.78, 5) is 27.9. The highest BCUT2D eigenvalue weighted by molar-refractivity contribution is 5.92. The van der Waals surface area contributed by atoms with Crippen molar-refractivity contribution >= 4 is 17.5 Å². The van der Waals surface area contributed by atoms with Crippen LogP contribution in [0.5, 0.6) is 0 Å². The highest BCUT2D eigenvalue weighted by atomic mass is 16.2. The van der Waals surface area contributed by atoms with Gasteiger partial charge in [0.15, 0.2) is 0 Å². The summed E-state index contributed by atoms with van der Waals surface area (Å²) in [6.07, 6.45) is 0.533. The molecule has 1 aromatic rings. The summed E-state index contributed by atoms with van der Waals surface area (Å²) in [6, 6.07) is 9.45. The van der Waals surface area contributed by atoms with Gasteiger partial charge in [0.1, 0.15) is 0 Å². The van der Waals surface area contributed by atoms with Crippen LogP contribution in [0, 0.1) is 0 Å². The smallest absolute Gasteiger partial charge is 0.238 e. The molecule has 0 saturated carbocycles. The zero-order valence-electron chi connectivity index (χ0n) is 13.0. The van der Waals surface area contributed by atoms with E-state index in [-0.39, 0.29) is 11.8 Å². The van der Waals surface area contributed by atoms with Gasteiger partial charge in [-0.15, -0.1) is 0 Å². The number of rotatable bonds is 6. The van der Waals surface area contributed by atoms with Crippen molar-refractivity contribution in [2.24, 2.45) is 0 Å². The largest absolute Gasteiger partial charge is 0.340 e. The topological polar surface area (TPSA) is 64.7 Å². The normalized spacial score (nSPS) is 15.6. The van der Waals surface area contributed by atoms with E-state index in [0.29, 0.717) is 32.6 Å². The minimum Gasteiger partial charge on any atom is -0.340 e. The van der Waals surface area contributed by atoms with Gasteiger partial charge in [0.2, 0.25) is 11.8 Å². The van der Waals surface area contributed by atoms with Gasteiger partial charge in [-0.05, 0) is 19.2 Å². The van der Waals surface area contributed by atoms with E-state index in [1.54, 1.807) is 0 Å². The molecule has 2 N–H and O–H groups in total. The molecule has 0 aliphatic carbocycles. The van der Waals surface area contributed by atoms with Crippen LogP contribution in [0.4, 0.5) is 5.69 Å². The number of para-hydroxylation sites is 1. The molecule has 6 heteroatoms. The SMILES string of the molecule is CNCCC(=O)N1CCN(CC(=O)Nc2ccccc2)CC1. The van der Waals surface area contributed by atoms with Crippen LogP contribution in [0.2, 0.25) is 0 Å². The maximum Gasteiger partial charge on any atom is 0.238 e. The van der Waals surface area contributed by atoms with Gasteiger partial charge in [0.25, 0.3) is 0 Å². The average molecular weight is 304 g/mol. The fourth-order valence-corrected chi connectivity index (χ4v) is 2.47. The molecule has 0 bridgehead atoms. The van der Waals surface area contributed by atoms with Crippen molar-refractivity contribution in [1.82, 2.24) is 15.1 Å². The molecule has 2 rings (SSSR count). The van der Waals surface area contributed by atoms with Crippen molar-refractivity contribution in [2.45, 2.75) is 6.42 Å². The first-order chi connectivity index (χ1) is 10.7. The Morgan fingerprint density at radius 2 is 1.77 bits per heavy atom. The van der Waals surface area contributed by atoms with Crippen LogP contribution in [0.25, 0.3) is 0 Å². The lowest BCUT2D eigenvalue weighted by Crippen LogP contribution is -2.50. The third-order valence-electron chi connectivity index (χ3n) is 3.74. The number of nitrogens with zero attached hydrogens (tertiary/aromatic N) is 2. The molecule has 1 fully saturated rings. The zero-order chi connectivity index (χ0) is 15.8. The summed E-state index contributed by atoms with van der Waals surface area (Å²) in [7, 11) is 1.84. The predicted octanol–water partition coefficient (Wildman–Crippen LogP) is 0.379. The van der Waals surface area contributed by atoms with Crippen molar-refractivity contribution in [3.63, 3.8) is 0 Å². The molecule has 0 aromatic heterocycles. The molecule has 1 aliphatic rings. The van der Waals surface area contributed by atoms with Crippen molar-refractivity contribution in [3.05, 3.63) is 30.3 Å². The maximum absolute atomic E-state index is 12.0. The Kier molecular flexibility index (Phi) is 6.36. The number of hydrogen-bond donors (Lipinski definition) is 2. The zero-order valence-corrected chi connectivity index (χ0v) is 13.0. The lowest BCUT2D eigenvalue weighted by molar-refractivity contribution is -0.133. The third-order valence-corrected chi connectivity index (χ3v) is 3.74. The summed E-state index contributed by atoms with van der Waals surface area (Å²) < 4.78 is 0. The molecule has 0 radical (unpaired) electrons. The van der Waals surface area contributed by atoms with Gasteiger partial charge >= 0.3 is 0 Å². The first-order valence-electron chi connectivity index (χ1n) is 7.68. The van der Waals surface area contributed by atoms with Crippen LogP contribution < -0.4 is 10.6 Å². The molecule has 0 unspecified atom stereocenters. The quantitative estimate of drug-likeness (QED) is 0.797. The molecule has 120 valence electrons. The van der Waals surface area contributed by atoms with Gasteiger partial charge in [0, 0.05) is 44.8 Å². The Hall–Kier alpha value is -1.92. The Morgan fingerprint density at radius 3 is 2.41 bits per heavy atom. The first kappa shape index (κ1) is 16.5. The van der Waals surface area contributed by atoms with Gasteiger partial charge in [-0.1, -0.05) is 18.2 Å². The lowest BCUT2D eigenvalue weighted by atomic mass is 10.2. The van der Waals surface area contributed by atoms with Crippen LogP contribution >= 0.6 is 0 Å². The lowest BCUT2D eigenvalue weighted by Gasteiger charge is -2.34. The molecule has 2 amide bonds. The van der Waals surface area contributed by atoms with Gasteiger partial charge in [-0.25, -0.2) is 0 Å². The third kappa shape index (κ3) is 5.13. The van der Waals surface area contributed by atoms with Crippen LogP contribution in [0.15, 0.2) is 30.3 Å². The van der Waals surface area contributed by atoms with Gasteiger partial charge in [0.05, 0.1) is 6.54 Å². The van der Waals surface area contributed by atoms with Crippen molar-refractivity contribution in [1.29, 1.82) is 0 Å². The minimum atomic E-state index is -0.0128. The molecule has 0 spiro atoms. The molecule has 22 heavy (non-hydrogen) atoms. The second-order valence-corrected chi connectivity index (χ2v) is 5.42. The number of carbonyl (C=O) groups excluding carboxylic acids is 2. The summed E-state index contributed by atoms with van der Waals surface area (Å²) in [5, 5.41) is 5.87. The van der Waals surface area contributed by atoms with Crippen molar-refractivity contribution in [3.8, 4) is 0 Å². The maximum atomic E-state index is 12.0. The second-order valence-electron chi connectivity index (χ2n) is 5.42. The molecule has 1 saturated heterocycles. The van der Waals surface area contributed by atoms with E-state index in [9.17, 15) is 9.59 Å². The fourth-order valence-electron chi connectivity index (χ4n) is 2.47. The number of piperazine rings is 1. The number of carbonyl (C=O) groups is 2. The van der Waals surface area contributed by atoms with Crippen LogP contribution in [-0.4, -0.2) is 67.9 Å². The molecule has 1 aromatic carbocycles. The number of nitrogens with one attached hydrogen (secondary N) is 2. The number of anilines is 1. The van der Waals surface area contributed by atoms with Gasteiger partial charge < -0.3 is 15.5 Å². The van der Waals surface area contributed by atoms with E-state index in [1.807, 2.05) is 42.3 Å². The summed E-state index contributed by atoms with van der Waals surface area (Å²) in [6.45, 7) is 3.95. The number of amides is 2. The van der Waals surface area contributed by atoms with E-state index >= 15 is 0 Å². The molecule has 0 atom stereocenters. The number of benzene rings is 1. The first-order valence-corrected chi connectivity index (χ1v) is 7.68. The Bertz CT molecular complexity index is 484. The van der Waals surface area contributed by atoms with Crippen LogP contribution in [0.1, 0.15) is 6.42 Å². The highest BCUT2D eigenvalue weighted by Gasteiger charge is 2.21. The molecular weight excluding hydrogens is 280 g/mol. The van der Waals surface area contributed by atoms with Crippen LogP contribution in [-0.2, 0) is 9.59 Å². The van der Waals surface area contributed by atoms with Gasteiger partial charge in [-0.3, -0.25) is 14.5 Å². The Labute approximate surface area is 131 Å². The summed E-state index contributed by atoms with van der Waals surface area (Å²) in [5.41, 5.74) is 0.813. The van der Waals surface area contributed by atoms with Gasteiger partial charge in [-0.2, -0.15) is 0 Å². The highest BCUT2D eigenvalue weighted by Crippen LogP contribution is 2.07. The monoisotopic (exact) mass is 304 g/mol. The van der Waals surface area contributed by atoms with Crippen molar-refractivity contribution in [2.75, 3.05) is 51.6 Å². The molecule has 1 heterocycles. The summed E-state index contributed by atoms with van der Waals surface area (Å²) in [5.74, 6) is 0.170. The van der Waals surface area contributed by atoms with E-state index < -0.39 is 0 Å². The van der Waals surface area contributed by atoms with E-state index in [4.69, 9.17) is 0 Å². The Balaban J connectivity index is 1.71. The molecule has 6 nitrogen and oxygen atoms in total. The molecule has 1 aliphatic heterocycles. The molecular formula is C16H24N4O2. The standard InChI is InChI=1S/C16H24N4O2/c1-17-8-7-16(22)20-11-9-19(10-12-20)13-15(21)18-14-5-3-2-4-6-14/h2-6,17H,7-13H2,1H3,(H,18,21). The predicted molar refractivity (Wildman–Crippen MR) is 86.6 cm³/mol. The van der Waals surface area contributed by atoms with E-state index in [1.165, 1.54) is 0 Å². The Morgan fingerprint density at radius 1 is 1.09 bits per heavy atom. The minimum absolute atomic E-state index is 0.0128. The number of hydrogen-bond acceptors (Lipinski definition) is 4.